The maximum Gasteiger partial charge on any atom is 0.164 e. The van der Waals surface area contributed by atoms with Crippen molar-refractivity contribution in [1.29, 1.82) is 0 Å². The molecule has 1 unspecified atom stereocenters. The Morgan fingerprint density at radius 2 is 1.23 bits per heavy atom. The molecular formula is C44H32N2O2. The van der Waals surface area contributed by atoms with Crippen molar-refractivity contribution in [2.75, 3.05) is 0 Å². The number of hydrogen-bond donors (Lipinski definition) is 0. The van der Waals surface area contributed by atoms with E-state index in [2.05, 4.69) is 119 Å². The van der Waals surface area contributed by atoms with Gasteiger partial charge in [0.1, 0.15) is 22.3 Å². The molecule has 1 aliphatic rings. The molecule has 9 aromatic rings. The van der Waals surface area contributed by atoms with E-state index in [-0.39, 0.29) is 10.8 Å². The summed E-state index contributed by atoms with van der Waals surface area (Å²) in [6, 6.07) is 42.3. The molecule has 48 heavy (non-hydrogen) atoms. The van der Waals surface area contributed by atoms with E-state index in [1.807, 2.05) is 30.3 Å². The zero-order valence-electron chi connectivity index (χ0n) is 27.3. The Hall–Kier alpha value is -5.74. The Bertz CT molecular complexity index is 2780. The van der Waals surface area contributed by atoms with Crippen LogP contribution < -0.4 is 0 Å². The summed E-state index contributed by atoms with van der Waals surface area (Å²) in [5.41, 5.74) is 11.8. The van der Waals surface area contributed by atoms with Crippen LogP contribution in [-0.2, 0) is 5.41 Å². The van der Waals surface area contributed by atoms with Crippen LogP contribution in [0.5, 0.6) is 0 Å². The van der Waals surface area contributed by atoms with Gasteiger partial charge in [0.15, 0.2) is 5.82 Å². The van der Waals surface area contributed by atoms with E-state index in [0.29, 0.717) is 5.82 Å². The van der Waals surface area contributed by atoms with Crippen molar-refractivity contribution >= 4 is 54.8 Å². The molecule has 230 valence electrons. The molecule has 10 rings (SSSR count). The third-order valence-corrected chi connectivity index (χ3v) is 10.9. The highest BCUT2D eigenvalue weighted by Gasteiger charge is 2.49. The van der Waals surface area contributed by atoms with Crippen LogP contribution in [0.15, 0.2) is 130 Å². The summed E-state index contributed by atoms with van der Waals surface area (Å²) >= 11 is 0. The predicted molar refractivity (Wildman–Crippen MR) is 196 cm³/mol. The average Bonchev–Trinajstić information content (AvgIpc) is 3.76. The number of benzene rings is 6. The third-order valence-electron chi connectivity index (χ3n) is 10.9. The molecule has 4 heteroatoms. The van der Waals surface area contributed by atoms with Crippen LogP contribution in [-0.4, -0.2) is 9.97 Å². The number of rotatable bonds is 2. The van der Waals surface area contributed by atoms with Gasteiger partial charge in [-0.3, -0.25) is 0 Å². The molecule has 4 nitrogen and oxygen atoms in total. The molecule has 0 radical (unpaired) electrons. The molecule has 1 atom stereocenters. The third kappa shape index (κ3) is 3.49. The highest BCUT2D eigenvalue weighted by Crippen LogP contribution is 2.60. The fourth-order valence-corrected chi connectivity index (χ4v) is 8.20. The fraction of sp³-hybridized carbons (Fsp3) is 0.136. The topological polar surface area (TPSA) is 52.1 Å². The van der Waals surface area contributed by atoms with Gasteiger partial charge in [0.2, 0.25) is 0 Å². The van der Waals surface area contributed by atoms with Gasteiger partial charge < -0.3 is 8.83 Å². The summed E-state index contributed by atoms with van der Waals surface area (Å²) < 4.78 is 13.1. The molecule has 1 aliphatic carbocycles. The van der Waals surface area contributed by atoms with E-state index >= 15 is 0 Å². The number of nitrogens with zero attached hydrogens (tertiary/aromatic N) is 2. The van der Waals surface area contributed by atoms with E-state index in [4.69, 9.17) is 18.8 Å². The largest absolute Gasteiger partial charge is 0.456 e. The monoisotopic (exact) mass is 620 g/mol. The molecule has 0 spiro atoms. The molecule has 0 amide bonds. The molecule has 3 heterocycles. The van der Waals surface area contributed by atoms with Crippen LogP contribution in [0.3, 0.4) is 0 Å². The Morgan fingerprint density at radius 1 is 0.562 bits per heavy atom. The van der Waals surface area contributed by atoms with Crippen molar-refractivity contribution in [3.8, 4) is 33.8 Å². The second-order valence-electron chi connectivity index (χ2n) is 14.3. The first-order valence-electron chi connectivity index (χ1n) is 16.6. The Labute approximate surface area is 277 Å². The van der Waals surface area contributed by atoms with Crippen LogP contribution in [0.1, 0.15) is 38.8 Å². The number of aromatic nitrogens is 2. The molecule has 0 N–H and O–H groups in total. The second kappa shape index (κ2) is 9.42. The maximum absolute atomic E-state index is 6.81. The zero-order chi connectivity index (χ0) is 32.4. The summed E-state index contributed by atoms with van der Waals surface area (Å²) in [4.78, 5) is 10.8. The quantitative estimate of drug-likeness (QED) is 0.193. The predicted octanol–water partition coefficient (Wildman–Crippen LogP) is 12.1. The van der Waals surface area contributed by atoms with Crippen LogP contribution >= 0.6 is 0 Å². The Kier molecular flexibility index (Phi) is 5.37. The van der Waals surface area contributed by atoms with E-state index < -0.39 is 0 Å². The minimum absolute atomic E-state index is 0.0772. The standard InChI is InChI=1S/C44H32N2O2/c1-43(2,3)44(4)30-19-11-8-16-26(30)36-31(44)24-29(41-38(36)28-18-10-13-21-34(28)48-41)42-45-32-22-23-35-37(27-17-9-12-20-33(27)47-35)39(32)40(46-42)25-14-6-5-7-15-25/h5-24H,1-4H3. The van der Waals surface area contributed by atoms with E-state index in [1.54, 1.807) is 0 Å². The zero-order valence-corrected chi connectivity index (χ0v) is 27.3. The van der Waals surface area contributed by atoms with E-state index in [0.717, 1.165) is 71.6 Å². The minimum atomic E-state index is -0.263. The van der Waals surface area contributed by atoms with Crippen LogP contribution in [0.2, 0.25) is 0 Å². The van der Waals surface area contributed by atoms with Crippen molar-refractivity contribution in [2.24, 2.45) is 5.41 Å². The highest BCUT2D eigenvalue weighted by molar-refractivity contribution is 6.22. The summed E-state index contributed by atoms with van der Waals surface area (Å²) in [5, 5.41) is 5.31. The van der Waals surface area contributed by atoms with E-state index in [9.17, 15) is 0 Å². The molecule has 0 bridgehead atoms. The Balaban J connectivity index is 1.38. The van der Waals surface area contributed by atoms with Gasteiger partial charge >= 0.3 is 0 Å². The van der Waals surface area contributed by atoms with Crippen molar-refractivity contribution in [1.82, 2.24) is 9.97 Å². The van der Waals surface area contributed by atoms with Gasteiger partial charge in [-0.2, -0.15) is 0 Å². The van der Waals surface area contributed by atoms with Gasteiger partial charge in [-0.25, -0.2) is 9.97 Å². The molecule has 0 fully saturated rings. The smallest absolute Gasteiger partial charge is 0.164 e. The van der Waals surface area contributed by atoms with Crippen molar-refractivity contribution in [3.63, 3.8) is 0 Å². The molecule has 6 aromatic carbocycles. The minimum Gasteiger partial charge on any atom is -0.456 e. The first-order chi connectivity index (χ1) is 23.3. The first kappa shape index (κ1) is 27.4. The average molecular weight is 621 g/mol. The lowest BCUT2D eigenvalue weighted by atomic mass is 9.62. The number of para-hydroxylation sites is 2. The summed E-state index contributed by atoms with van der Waals surface area (Å²) in [6.07, 6.45) is 0. The lowest BCUT2D eigenvalue weighted by Gasteiger charge is -2.41. The lowest BCUT2D eigenvalue weighted by Crippen LogP contribution is -2.36. The van der Waals surface area contributed by atoms with Crippen LogP contribution in [0.4, 0.5) is 0 Å². The van der Waals surface area contributed by atoms with Crippen LogP contribution in [0, 0.1) is 5.41 Å². The first-order valence-corrected chi connectivity index (χ1v) is 16.6. The van der Waals surface area contributed by atoms with Gasteiger partial charge in [-0.05, 0) is 58.0 Å². The van der Waals surface area contributed by atoms with Crippen LogP contribution in [0.25, 0.3) is 88.6 Å². The normalized spacial score (nSPS) is 16.0. The lowest BCUT2D eigenvalue weighted by molar-refractivity contribution is 0.255. The molecule has 0 saturated carbocycles. The van der Waals surface area contributed by atoms with Gasteiger partial charge in [-0.1, -0.05) is 119 Å². The van der Waals surface area contributed by atoms with Gasteiger partial charge in [0, 0.05) is 37.9 Å². The van der Waals surface area contributed by atoms with Crippen molar-refractivity contribution in [2.45, 2.75) is 33.1 Å². The fourth-order valence-electron chi connectivity index (χ4n) is 8.20. The molecule has 3 aromatic heterocycles. The van der Waals surface area contributed by atoms with Crippen molar-refractivity contribution in [3.05, 3.63) is 132 Å². The van der Waals surface area contributed by atoms with Gasteiger partial charge in [0.25, 0.3) is 0 Å². The number of fused-ring (bicyclic) bond motifs is 12. The number of hydrogen-bond acceptors (Lipinski definition) is 4. The molecular weight excluding hydrogens is 588 g/mol. The maximum atomic E-state index is 6.81. The molecule has 0 saturated heterocycles. The van der Waals surface area contributed by atoms with E-state index in [1.165, 1.54) is 22.3 Å². The highest BCUT2D eigenvalue weighted by atomic mass is 16.3. The number of furan rings is 2. The summed E-state index contributed by atoms with van der Waals surface area (Å²) in [5.74, 6) is 0.646. The Morgan fingerprint density at radius 3 is 2.00 bits per heavy atom. The van der Waals surface area contributed by atoms with Gasteiger partial charge in [0.05, 0.1) is 16.8 Å². The summed E-state index contributed by atoms with van der Waals surface area (Å²) in [6.45, 7) is 9.43. The van der Waals surface area contributed by atoms with Crippen molar-refractivity contribution < 1.29 is 8.83 Å². The SMILES string of the molecule is CC(C)(C)C1(C)c2ccccc2-c2c1cc(-c1nc(-c3ccccc3)c3c(ccc4oc5ccccc5c43)n1)c1oc3ccccc3c21. The summed E-state index contributed by atoms with van der Waals surface area (Å²) in [7, 11) is 0. The van der Waals surface area contributed by atoms with Gasteiger partial charge in [-0.15, -0.1) is 0 Å². The second-order valence-corrected chi connectivity index (χ2v) is 14.3. The molecule has 0 aliphatic heterocycles.